The number of hydrogen-bond donors (Lipinski definition) is 2. The van der Waals surface area contributed by atoms with Gasteiger partial charge in [0.1, 0.15) is 9.77 Å². The number of benzene rings is 1. The maximum Gasteiger partial charge on any atom is 0.349 e. The quantitative estimate of drug-likeness (QED) is 0.624. The third-order valence-electron chi connectivity index (χ3n) is 3.63. The Morgan fingerprint density at radius 3 is 2.80 bits per heavy atom. The Morgan fingerprint density at radius 2 is 2.04 bits per heavy atom. The molecule has 0 fully saturated rings. The minimum absolute atomic E-state index is 0.00507. The van der Waals surface area contributed by atoms with Crippen molar-refractivity contribution in [2.75, 3.05) is 13.7 Å². The SMILES string of the molecule is COC(=O)c1sccc1S(=O)(=O)NCC(O)c1csc2ccccc12. The zero-order valence-electron chi connectivity index (χ0n) is 13.1. The third-order valence-corrected chi connectivity index (χ3v) is 7.10. The minimum Gasteiger partial charge on any atom is -0.465 e. The molecule has 0 aliphatic rings. The van der Waals surface area contributed by atoms with E-state index < -0.39 is 22.1 Å². The van der Waals surface area contributed by atoms with Crippen molar-refractivity contribution in [1.82, 2.24) is 4.72 Å². The Kier molecular flexibility index (Phi) is 5.21. The molecule has 0 saturated carbocycles. The lowest BCUT2D eigenvalue weighted by Gasteiger charge is -2.12. The Hall–Kier alpha value is -1.78. The predicted octanol–water partition coefficient (Wildman–Crippen LogP) is 2.76. The summed E-state index contributed by atoms with van der Waals surface area (Å²) in [6, 6.07) is 8.93. The van der Waals surface area contributed by atoms with E-state index in [2.05, 4.69) is 9.46 Å². The molecular weight excluding hydrogens is 382 g/mol. The highest BCUT2D eigenvalue weighted by Crippen LogP contribution is 2.30. The molecule has 0 aliphatic heterocycles. The molecule has 0 radical (unpaired) electrons. The van der Waals surface area contributed by atoms with Gasteiger partial charge in [-0.1, -0.05) is 18.2 Å². The normalized spacial score (nSPS) is 13.0. The Bertz CT molecular complexity index is 1010. The van der Waals surface area contributed by atoms with E-state index >= 15 is 0 Å². The molecule has 6 nitrogen and oxygen atoms in total. The summed E-state index contributed by atoms with van der Waals surface area (Å²) in [7, 11) is -2.75. The van der Waals surface area contributed by atoms with E-state index in [1.165, 1.54) is 29.9 Å². The fraction of sp³-hybridized carbons (Fsp3) is 0.188. The first-order valence-corrected chi connectivity index (χ1v) is 10.5. The van der Waals surface area contributed by atoms with Crippen LogP contribution in [-0.4, -0.2) is 33.1 Å². The largest absolute Gasteiger partial charge is 0.465 e. The summed E-state index contributed by atoms with van der Waals surface area (Å²) in [5, 5.41) is 14.6. The second-order valence-electron chi connectivity index (χ2n) is 5.16. The van der Waals surface area contributed by atoms with Gasteiger partial charge in [0, 0.05) is 16.8 Å². The van der Waals surface area contributed by atoms with Crippen LogP contribution in [0.5, 0.6) is 0 Å². The molecule has 3 aromatic rings. The van der Waals surface area contributed by atoms with Crippen molar-refractivity contribution in [3.8, 4) is 0 Å². The highest BCUT2D eigenvalue weighted by molar-refractivity contribution is 7.89. The number of sulfonamides is 1. The van der Waals surface area contributed by atoms with Crippen molar-refractivity contribution in [3.05, 3.63) is 51.5 Å². The van der Waals surface area contributed by atoms with Crippen LogP contribution in [0, 0.1) is 0 Å². The molecule has 0 aliphatic carbocycles. The highest BCUT2D eigenvalue weighted by Gasteiger charge is 2.25. The number of nitrogens with one attached hydrogen (secondary N) is 1. The number of hydrogen-bond acceptors (Lipinski definition) is 7. The molecule has 1 atom stereocenters. The summed E-state index contributed by atoms with van der Waals surface area (Å²) < 4.78 is 32.9. The van der Waals surface area contributed by atoms with Gasteiger partial charge in [0.25, 0.3) is 0 Å². The van der Waals surface area contributed by atoms with E-state index in [-0.39, 0.29) is 16.3 Å². The van der Waals surface area contributed by atoms with Crippen molar-refractivity contribution in [2.45, 2.75) is 11.0 Å². The first-order chi connectivity index (χ1) is 11.9. The second-order valence-corrected chi connectivity index (χ2v) is 8.72. The van der Waals surface area contributed by atoms with Gasteiger partial charge in [-0.2, -0.15) is 0 Å². The fourth-order valence-corrected chi connectivity index (χ4v) is 5.76. The molecule has 1 aromatic carbocycles. The molecular formula is C16H15NO5S3. The van der Waals surface area contributed by atoms with Crippen molar-refractivity contribution in [3.63, 3.8) is 0 Å². The van der Waals surface area contributed by atoms with Gasteiger partial charge < -0.3 is 9.84 Å². The summed E-state index contributed by atoms with van der Waals surface area (Å²) in [5.41, 5.74) is 0.668. The van der Waals surface area contributed by atoms with Crippen molar-refractivity contribution in [1.29, 1.82) is 0 Å². The molecule has 2 aromatic heterocycles. The molecule has 0 amide bonds. The van der Waals surface area contributed by atoms with Gasteiger partial charge >= 0.3 is 5.97 Å². The average Bonchev–Trinajstić information content (AvgIpc) is 3.26. The molecule has 0 bridgehead atoms. The summed E-state index contributed by atoms with van der Waals surface area (Å²) in [4.78, 5) is 11.5. The van der Waals surface area contributed by atoms with E-state index in [9.17, 15) is 18.3 Å². The number of carbonyl (C=O) groups excluding carboxylic acids is 1. The van der Waals surface area contributed by atoms with Gasteiger partial charge in [-0.25, -0.2) is 17.9 Å². The van der Waals surface area contributed by atoms with Crippen LogP contribution in [0.4, 0.5) is 0 Å². The molecule has 1 unspecified atom stereocenters. The fourth-order valence-electron chi connectivity index (χ4n) is 2.38. The Balaban J connectivity index is 1.78. The van der Waals surface area contributed by atoms with E-state index in [1.54, 1.807) is 0 Å². The van der Waals surface area contributed by atoms with Gasteiger partial charge in [0.15, 0.2) is 0 Å². The Labute approximate surface area is 152 Å². The average molecular weight is 397 g/mol. The van der Waals surface area contributed by atoms with Crippen molar-refractivity contribution < 1.29 is 23.1 Å². The van der Waals surface area contributed by atoms with Gasteiger partial charge in [-0.05, 0) is 28.3 Å². The number of fused-ring (bicyclic) bond motifs is 1. The summed E-state index contributed by atoms with van der Waals surface area (Å²) >= 11 is 2.47. The maximum atomic E-state index is 12.5. The van der Waals surface area contributed by atoms with Crippen LogP contribution in [0.15, 0.2) is 46.0 Å². The van der Waals surface area contributed by atoms with Gasteiger partial charge in [0.2, 0.25) is 10.0 Å². The zero-order chi connectivity index (χ0) is 18.0. The number of esters is 1. The summed E-state index contributed by atoms with van der Waals surface area (Å²) in [6.07, 6.45) is -0.994. The number of ether oxygens (including phenoxy) is 1. The molecule has 0 spiro atoms. The van der Waals surface area contributed by atoms with E-state index in [4.69, 9.17) is 0 Å². The van der Waals surface area contributed by atoms with Crippen molar-refractivity contribution >= 4 is 48.8 Å². The van der Waals surface area contributed by atoms with E-state index in [0.29, 0.717) is 5.56 Å². The van der Waals surface area contributed by atoms with Crippen LogP contribution in [-0.2, 0) is 14.8 Å². The maximum absolute atomic E-state index is 12.5. The van der Waals surface area contributed by atoms with Gasteiger partial charge in [-0.15, -0.1) is 22.7 Å². The van der Waals surface area contributed by atoms with Crippen molar-refractivity contribution in [2.24, 2.45) is 0 Å². The number of thiophene rings is 2. The van der Waals surface area contributed by atoms with Crippen LogP contribution in [0.2, 0.25) is 0 Å². The number of aliphatic hydroxyl groups is 1. The lowest BCUT2D eigenvalue weighted by Crippen LogP contribution is -2.29. The molecule has 2 heterocycles. The Morgan fingerprint density at radius 1 is 1.28 bits per heavy atom. The second kappa shape index (κ2) is 7.22. The monoisotopic (exact) mass is 397 g/mol. The zero-order valence-corrected chi connectivity index (χ0v) is 15.6. The lowest BCUT2D eigenvalue weighted by atomic mass is 10.1. The van der Waals surface area contributed by atoms with Crippen LogP contribution in [0.1, 0.15) is 21.3 Å². The van der Waals surface area contributed by atoms with Crippen LogP contribution < -0.4 is 4.72 Å². The first-order valence-electron chi connectivity index (χ1n) is 7.23. The predicted molar refractivity (Wildman–Crippen MR) is 97.6 cm³/mol. The first kappa shape index (κ1) is 18.0. The highest BCUT2D eigenvalue weighted by atomic mass is 32.2. The summed E-state index contributed by atoms with van der Waals surface area (Å²) in [5.74, 6) is -0.709. The van der Waals surface area contributed by atoms with Crippen LogP contribution in [0.25, 0.3) is 10.1 Å². The smallest absolute Gasteiger partial charge is 0.349 e. The standard InChI is InChI=1S/C16H15NO5S3/c1-22-16(19)15-14(6-7-23-15)25(20,21)17-8-12(18)11-9-24-13-5-3-2-4-10(11)13/h2-7,9,12,17-18H,8H2,1H3. The third kappa shape index (κ3) is 3.60. The molecule has 25 heavy (non-hydrogen) atoms. The molecule has 3 rings (SSSR count). The molecule has 132 valence electrons. The topological polar surface area (TPSA) is 92.7 Å². The van der Waals surface area contributed by atoms with Crippen LogP contribution in [0.3, 0.4) is 0 Å². The van der Waals surface area contributed by atoms with Gasteiger partial charge in [0.05, 0.1) is 13.2 Å². The molecule has 2 N–H and O–H groups in total. The van der Waals surface area contributed by atoms with Gasteiger partial charge in [-0.3, -0.25) is 0 Å². The van der Waals surface area contributed by atoms with E-state index in [0.717, 1.165) is 21.4 Å². The minimum atomic E-state index is -3.94. The number of methoxy groups -OCH3 is 1. The number of rotatable bonds is 6. The summed E-state index contributed by atoms with van der Waals surface area (Å²) in [6.45, 7) is -0.195. The van der Waals surface area contributed by atoms with E-state index in [1.807, 2.05) is 29.6 Å². The molecule has 0 saturated heterocycles. The molecule has 9 heteroatoms. The van der Waals surface area contributed by atoms with Crippen LogP contribution >= 0.6 is 22.7 Å². The number of aliphatic hydroxyl groups excluding tert-OH is 1. The number of carbonyl (C=O) groups is 1. The lowest BCUT2D eigenvalue weighted by molar-refractivity contribution is 0.0602.